The van der Waals surface area contributed by atoms with Gasteiger partial charge in [0.15, 0.2) is 0 Å². The second kappa shape index (κ2) is 19.0. The summed E-state index contributed by atoms with van der Waals surface area (Å²) in [5.74, 6) is 0. The first kappa shape index (κ1) is 19.9. The lowest BCUT2D eigenvalue weighted by Gasteiger charge is -2.02. The molecule has 0 saturated heterocycles. The summed E-state index contributed by atoms with van der Waals surface area (Å²) >= 11 is 0. The molecular formula is C15H33NO2. The Hall–Kier alpha value is -0.380. The third kappa shape index (κ3) is 29.6. The van der Waals surface area contributed by atoms with Gasteiger partial charge in [-0.15, -0.1) is 6.58 Å². The number of rotatable bonds is 11. The maximum absolute atomic E-state index is 8.52. The summed E-state index contributed by atoms with van der Waals surface area (Å²) in [4.78, 5) is 0. The van der Waals surface area contributed by atoms with Crippen LogP contribution in [0, 0.1) is 0 Å². The molecule has 110 valence electrons. The minimum atomic E-state index is 0.247. The molecule has 0 aromatic heterocycles. The summed E-state index contributed by atoms with van der Waals surface area (Å²) in [6.07, 6.45) is 7.65. The molecule has 0 fully saturated rings. The molecule has 0 atom stereocenters. The van der Waals surface area contributed by atoms with Crippen molar-refractivity contribution in [3.05, 3.63) is 12.2 Å². The van der Waals surface area contributed by atoms with Crippen molar-refractivity contribution in [3.8, 4) is 0 Å². The first-order valence-electron chi connectivity index (χ1n) is 7.07. The molecule has 0 bridgehead atoms. The van der Waals surface area contributed by atoms with Crippen molar-refractivity contribution in [3.63, 3.8) is 0 Å². The average molecular weight is 259 g/mol. The first-order valence-corrected chi connectivity index (χ1v) is 7.07. The monoisotopic (exact) mass is 259 g/mol. The van der Waals surface area contributed by atoms with E-state index >= 15 is 0 Å². The molecule has 0 aromatic rings. The van der Waals surface area contributed by atoms with E-state index in [1.165, 1.54) is 44.1 Å². The highest BCUT2D eigenvalue weighted by Gasteiger charge is 1.91. The smallest absolute Gasteiger partial charge is 0.0555 e. The summed E-state index contributed by atoms with van der Waals surface area (Å²) in [5.41, 5.74) is 1.17. The summed E-state index contributed by atoms with van der Waals surface area (Å²) in [6.45, 7) is 10.4. The largest absolute Gasteiger partial charge is 0.395 e. The van der Waals surface area contributed by atoms with Crippen molar-refractivity contribution in [2.75, 3.05) is 33.4 Å². The number of nitrogens with one attached hydrogen (secondary N) is 1. The molecule has 0 amide bonds. The van der Waals surface area contributed by atoms with Crippen molar-refractivity contribution in [1.29, 1.82) is 0 Å². The van der Waals surface area contributed by atoms with E-state index in [2.05, 4.69) is 11.9 Å². The molecular weight excluding hydrogens is 226 g/mol. The van der Waals surface area contributed by atoms with Gasteiger partial charge in [0.2, 0.25) is 0 Å². The van der Waals surface area contributed by atoms with E-state index in [0.717, 1.165) is 19.7 Å². The third-order valence-electron chi connectivity index (χ3n) is 2.24. The van der Waals surface area contributed by atoms with E-state index in [1.54, 1.807) is 7.11 Å². The summed E-state index contributed by atoms with van der Waals surface area (Å²) in [5, 5.41) is 11.7. The molecule has 0 heterocycles. The van der Waals surface area contributed by atoms with Crippen LogP contribution in [0.1, 0.15) is 52.4 Å². The van der Waals surface area contributed by atoms with Crippen LogP contribution in [0.4, 0.5) is 0 Å². The number of hydrogen-bond donors (Lipinski definition) is 2. The Morgan fingerprint density at radius 2 is 1.50 bits per heavy atom. The van der Waals surface area contributed by atoms with Crippen LogP contribution >= 0.6 is 0 Å². The number of allylic oxidation sites excluding steroid dienone is 1. The van der Waals surface area contributed by atoms with Crippen LogP contribution in [0.5, 0.6) is 0 Å². The fourth-order valence-electron chi connectivity index (χ4n) is 1.41. The molecule has 18 heavy (non-hydrogen) atoms. The molecule has 3 nitrogen and oxygen atoms in total. The number of methoxy groups -OCH3 is 1. The lowest BCUT2D eigenvalue weighted by Crippen LogP contribution is -2.19. The van der Waals surface area contributed by atoms with E-state index in [9.17, 15) is 0 Å². The number of hydrogen-bond acceptors (Lipinski definition) is 3. The fraction of sp³-hybridized carbons (Fsp3) is 0.867. The zero-order chi connectivity index (χ0) is 14.1. The maximum Gasteiger partial charge on any atom is 0.0555 e. The molecule has 2 N–H and O–H groups in total. The fourth-order valence-corrected chi connectivity index (χ4v) is 1.41. The van der Waals surface area contributed by atoms with Gasteiger partial charge in [0.25, 0.3) is 0 Å². The molecule has 0 aromatic carbocycles. The first-order chi connectivity index (χ1) is 8.65. The van der Waals surface area contributed by atoms with Crippen LogP contribution in [0.25, 0.3) is 0 Å². The highest BCUT2D eigenvalue weighted by molar-refractivity contribution is 4.78. The minimum Gasteiger partial charge on any atom is -0.395 e. The van der Waals surface area contributed by atoms with Gasteiger partial charge < -0.3 is 15.2 Å². The van der Waals surface area contributed by atoms with Gasteiger partial charge in [-0.25, -0.2) is 0 Å². The minimum absolute atomic E-state index is 0.247. The second-order valence-corrected chi connectivity index (χ2v) is 4.79. The van der Waals surface area contributed by atoms with Gasteiger partial charge in [-0.2, -0.15) is 0 Å². The van der Waals surface area contributed by atoms with E-state index in [-0.39, 0.29) is 6.61 Å². The van der Waals surface area contributed by atoms with Gasteiger partial charge in [0, 0.05) is 20.3 Å². The third-order valence-corrected chi connectivity index (χ3v) is 2.24. The summed E-state index contributed by atoms with van der Waals surface area (Å²) in [7, 11) is 1.76. The van der Waals surface area contributed by atoms with E-state index in [1.807, 2.05) is 13.8 Å². The molecule has 0 rings (SSSR count). The lowest BCUT2D eigenvalue weighted by atomic mass is 10.1. The van der Waals surface area contributed by atoms with E-state index in [0.29, 0.717) is 0 Å². The van der Waals surface area contributed by atoms with Crippen molar-refractivity contribution in [2.24, 2.45) is 0 Å². The Labute approximate surface area is 114 Å². The molecule has 0 saturated carbocycles. The molecule has 0 radical (unpaired) electrons. The van der Waals surface area contributed by atoms with E-state index < -0.39 is 0 Å². The Morgan fingerprint density at radius 1 is 1.00 bits per heavy atom. The zero-order valence-corrected chi connectivity index (χ0v) is 12.6. The molecule has 3 heteroatoms. The molecule has 0 aliphatic carbocycles. The number of aliphatic hydroxyl groups excluding tert-OH is 1. The standard InChI is InChI=1S/C11H25NO2.C4H8/c1-14-11-7-5-3-2-4-6-8-12-9-10-13;1-4(2)3/h12-13H,2-11H2,1H3;1H2,2-3H3. The van der Waals surface area contributed by atoms with Gasteiger partial charge in [0.1, 0.15) is 0 Å². The van der Waals surface area contributed by atoms with Crippen LogP contribution in [-0.2, 0) is 4.74 Å². The normalized spacial score (nSPS) is 9.78. The van der Waals surface area contributed by atoms with Gasteiger partial charge in [0.05, 0.1) is 6.61 Å². The van der Waals surface area contributed by atoms with Gasteiger partial charge >= 0.3 is 0 Å². The predicted octanol–water partition coefficient (Wildman–Crippen LogP) is 3.14. The van der Waals surface area contributed by atoms with Gasteiger partial charge in [-0.3, -0.25) is 0 Å². The van der Waals surface area contributed by atoms with Crippen LogP contribution in [0.2, 0.25) is 0 Å². The highest BCUT2D eigenvalue weighted by Crippen LogP contribution is 2.04. The summed E-state index contributed by atoms with van der Waals surface area (Å²) in [6, 6.07) is 0. The van der Waals surface area contributed by atoms with Crippen molar-refractivity contribution >= 4 is 0 Å². The zero-order valence-electron chi connectivity index (χ0n) is 12.6. The van der Waals surface area contributed by atoms with E-state index in [4.69, 9.17) is 9.84 Å². The quantitative estimate of drug-likeness (QED) is 0.442. The van der Waals surface area contributed by atoms with Crippen LogP contribution in [-0.4, -0.2) is 38.5 Å². The Balaban J connectivity index is 0. The van der Waals surface area contributed by atoms with Crippen molar-refractivity contribution < 1.29 is 9.84 Å². The Bertz CT molecular complexity index is 145. The SMILES string of the molecule is C=C(C)C.COCCCCCCCCNCCO. The van der Waals surface area contributed by atoms with Gasteiger partial charge in [-0.05, 0) is 33.2 Å². The number of aliphatic hydroxyl groups is 1. The highest BCUT2D eigenvalue weighted by atomic mass is 16.5. The molecule has 0 aliphatic rings. The number of unbranched alkanes of at least 4 members (excludes halogenated alkanes) is 5. The van der Waals surface area contributed by atoms with Gasteiger partial charge in [-0.1, -0.05) is 31.3 Å². The number of ether oxygens (including phenoxy) is 1. The summed E-state index contributed by atoms with van der Waals surface area (Å²) < 4.78 is 4.98. The predicted molar refractivity (Wildman–Crippen MR) is 80.0 cm³/mol. The molecule has 0 unspecified atom stereocenters. The topological polar surface area (TPSA) is 41.5 Å². The molecule has 0 aliphatic heterocycles. The molecule has 0 spiro atoms. The van der Waals surface area contributed by atoms with Crippen molar-refractivity contribution in [1.82, 2.24) is 5.32 Å². The Morgan fingerprint density at radius 3 is 2.00 bits per heavy atom. The maximum atomic E-state index is 8.52. The average Bonchev–Trinajstić information content (AvgIpc) is 2.31. The second-order valence-electron chi connectivity index (χ2n) is 4.79. The van der Waals surface area contributed by atoms with Crippen LogP contribution in [0.15, 0.2) is 12.2 Å². The van der Waals surface area contributed by atoms with Crippen LogP contribution < -0.4 is 5.32 Å². The van der Waals surface area contributed by atoms with Crippen LogP contribution in [0.3, 0.4) is 0 Å². The Kier molecular flexibility index (Phi) is 21.0. The van der Waals surface area contributed by atoms with Crippen molar-refractivity contribution in [2.45, 2.75) is 52.4 Å². The lowest BCUT2D eigenvalue weighted by molar-refractivity contribution is 0.192.